The second kappa shape index (κ2) is 21.6. The van der Waals surface area contributed by atoms with Crippen molar-refractivity contribution in [2.24, 2.45) is 0 Å². The van der Waals surface area contributed by atoms with Gasteiger partial charge >= 0.3 is 0 Å². The van der Waals surface area contributed by atoms with Gasteiger partial charge in [0.2, 0.25) is 0 Å². The minimum absolute atomic E-state index is 0.742. The lowest BCUT2D eigenvalue weighted by Crippen LogP contribution is -1.95. The molecule has 0 aliphatic rings. The first kappa shape index (κ1) is 54.2. The highest BCUT2D eigenvalue weighted by Gasteiger charge is 2.25. The predicted molar refractivity (Wildman–Crippen MR) is 404 cm³/mol. The van der Waals surface area contributed by atoms with Gasteiger partial charge in [-0.05, 0) is 84.9 Å². The molecule has 10 heteroatoms. The summed E-state index contributed by atoms with van der Waals surface area (Å²) in [5, 5.41) is 12.3. The van der Waals surface area contributed by atoms with Crippen LogP contribution in [0.4, 0.5) is 0 Å². The van der Waals surface area contributed by atoms with Gasteiger partial charge in [-0.2, -0.15) is 0 Å². The number of H-pyrrole nitrogens is 1. The molecule has 0 amide bonds. The molecule has 96 heavy (non-hydrogen) atoms. The summed E-state index contributed by atoms with van der Waals surface area (Å²) in [6, 6.07) is 110. The molecule has 0 bridgehead atoms. The van der Waals surface area contributed by atoms with Crippen molar-refractivity contribution in [3.8, 4) is 62.4 Å². The fourth-order valence-electron chi connectivity index (χ4n) is 14.8. The van der Waals surface area contributed by atoms with E-state index in [0.717, 1.165) is 99.1 Å². The van der Waals surface area contributed by atoms with Crippen molar-refractivity contribution in [1.29, 1.82) is 0 Å². The summed E-state index contributed by atoms with van der Waals surface area (Å²) in [6.07, 6.45) is 0. The smallest absolute Gasteiger partial charge is 0.160 e. The lowest BCUT2D eigenvalue weighted by atomic mass is 10.1. The van der Waals surface area contributed by atoms with Crippen molar-refractivity contribution >= 4 is 151 Å². The summed E-state index contributed by atoms with van der Waals surface area (Å²) >= 11 is 3.54. The van der Waals surface area contributed by atoms with Gasteiger partial charge in [-0.25, -0.2) is 19.9 Å². The van der Waals surface area contributed by atoms with Gasteiger partial charge in [-0.3, -0.25) is 0 Å². The summed E-state index contributed by atoms with van der Waals surface area (Å²) in [5.74, 6) is 1.49. The second-order valence-corrected chi connectivity index (χ2v) is 26.6. The molecule has 1 N–H and O–H groups in total. The SMILES string of the molecule is c1ccc(-c2nc(-c3ccccc3)c3sc4cc(-n5c6ccccc6c6c5ccc5c7ccccc7n(-c7ccccc7)c56)ccc4c3n2)cc1.c1ccc(-c2nc(-c3ccccc3)c3sc4cc(-n5c6ccccc6c6c7[nH]c8ccccc8c7ccc65)ccc4c3n2)cc1. The van der Waals surface area contributed by atoms with Crippen molar-refractivity contribution in [1.82, 2.24) is 38.6 Å². The molecule has 0 radical (unpaired) electrons. The fourth-order valence-corrected chi connectivity index (χ4v) is 17.2. The third-order valence-electron chi connectivity index (χ3n) is 19.1. The number of rotatable bonds is 7. The zero-order valence-corrected chi connectivity index (χ0v) is 53.0. The maximum absolute atomic E-state index is 5.20. The van der Waals surface area contributed by atoms with Crippen LogP contribution in [-0.4, -0.2) is 38.6 Å². The van der Waals surface area contributed by atoms with Crippen LogP contribution in [0.15, 0.2) is 309 Å². The fraction of sp³-hybridized carbons (Fsp3) is 0. The molecule has 0 saturated carbocycles. The van der Waals surface area contributed by atoms with Crippen LogP contribution >= 0.6 is 22.7 Å². The molecule has 0 aliphatic carbocycles. The molecular weight excluding hydrogens is 1210 g/mol. The molecule has 0 aliphatic heterocycles. The molecule has 21 aromatic rings. The molecule has 0 fully saturated rings. The molecule has 0 saturated heterocycles. The monoisotopic (exact) mass is 1260 g/mol. The molecular formula is C86H52N8S2. The molecule has 0 spiro atoms. The Morgan fingerprint density at radius 1 is 0.271 bits per heavy atom. The van der Waals surface area contributed by atoms with Crippen molar-refractivity contribution < 1.29 is 0 Å². The minimum Gasteiger partial charge on any atom is -0.354 e. The van der Waals surface area contributed by atoms with Crippen LogP contribution in [0.3, 0.4) is 0 Å². The first-order valence-electron chi connectivity index (χ1n) is 32.3. The van der Waals surface area contributed by atoms with Crippen LogP contribution in [0.25, 0.3) is 190 Å². The Balaban J connectivity index is 0.000000132. The first-order chi connectivity index (χ1) is 47.6. The Morgan fingerprint density at radius 2 is 0.677 bits per heavy atom. The summed E-state index contributed by atoms with van der Waals surface area (Å²) < 4.78 is 11.9. The molecule has 8 heterocycles. The lowest BCUT2D eigenvalue weighted by Gasteiger charge is -2.10. The van der Waals surface area contributed by atoms with Crippen LogP contribution in [-0.2, 0) is 0 Å². The normalized spacial score (nSPS) is 12.0. The molecule has 13 aromatic carbocycles. The van der Waals surface area contributed by atoms with Gasteiger partial charge in [0, 0.05) is 108 Å². The Labute approximate surface area is 557 Å². The molecule has 448 valence electrons. The summed E-state index contributed by atoms with van der Waals surface area (Å²) in [6.45, 7) is 0. The predicted octanol–water partition coefficient (Wildman–Crippen LogP) is 23.3. The van der Waals surface area contributed by atoms with E-state index >= 15 is 0 Å². The van der Waals surface area contributed by atoms with Gasteiger partial charge in [0.15, 0.2) is 11.6 Å². The van der Waals surface area contributed by atoms with E-state index < -0.39 is 0 Å². The van der Waals surface area contributed by atoms with E-state index in [9.17, 15) is 0 Å². The zero-order valence-electron chi connectivity index (χ0n) is 51.4. The number of para-hydroxylation sites is 5. The number of nitrogens with zero attached hydrogens (tertiary/aromatic N) is 7. The summed E-state index contributed by atoms with van der Waals surface area (Å²) in [7, 11) is 0. The summed E-state index contributed by atoms with van der Waals surface area (Å²) in [5.41, 5.74) is 21.1. The standard InChI is InChI=1S/C46H28N4S.C40H24N4S/c1-4-14-29(15-5-1)42-45-43(48-46(47-42)30-16-6-2-7-17-30)36-25-24-32(28-40(36)51-45)49-38-23-13-11-21-35(38)41-39(49)27-26-34-33-20-10-12-22-37(33)50(44(34)41)31-18-8-3-9-19-31;1-3-11-24(12-4-1)36-39-38(43-40(42-36)25-13-5-2-6-14-25)30-20-19-26(23-34(30)45-39)44-32-18-10-8-16-29(32)35-33(44)22-21-28-27-15-7-9-17-31(27)41-37(28)35/h1-28H;1-23,41H. The van der Waals surface area contributed by atoms with Crippen LogP contribution < -0.4 is 0 Å². The minimum atomic E-state index is 0.742. The van der Waals surface area contributed by atoms with Crippen molar-refractivity contribution in [2.75, 3.05) is 0 Å². The molecule has 8 nitrogen and oxygen atoms in total. The Bertz CT molecular complexity index is 6680. The van der Waals surface area contributed by atoms with Crippen LogP contribution in [0.2, 0.25) is 0 Å². The highest BCUT2D eigenvalue weighted by Crippen LogP contribution is 2.47. The Hall–Kier alpha value is -12.3. The third kappa shape index (κ3) is 8.39. The number of aromatic amines is 1. The topological polar surface area (TPSA) is 82.1 Å². The van der Waals surface area contributed by atoms with Crippen molar-refractivity contribution in [2.45, 2.75) is 0 Å². The van der Waals surface area contributed by atoms with Crippen LogP contribution in [0.1, 0.15) is 0 Å². The largest absolute Gasteiger partial charge is 0.354 e. The van der Waals surface area contributed by atoms with E-state index in [1.807, 2.05) is 42.5 Å². The number of aromatic nitrogens is 8. The van der Waals surface area contributed by atoms with E-state index in [1.165, 1.54) is 91.1 Å². The van der Waals surface area contributed by atoms with Gasteiger partial charge in [0.1, 0.15) is 0 Å². The van der Waals surface area contributed by atoms with Gasteiger partial charge in [-0.15, -0.1) is 22.7 Å². The number of hydrogen-bond acceptors (Lipinski definition) is 6. The molecule has 21 rings (SSSR count). The van der Waals surface area contributed by atoms with Crippen molar-refractivity contribution in [3.63, 3.8) is 0 Å². The molecule has 0 atom stereocenters. The van der Waals surface area contributed by atoms with Crippen molar-refractivity contribution in [3.05, 3.63) is 309 Å². The Kier molecular flexibility index (Phi) is 12.2. The Morgan fingerprint density at radius 3 is 1.21 bits per heavy atom. The zero-order chi connectivity index (χ0) is 63.0. The number of thiophene rings is 2. The third-order valence-corrected chi connectivity index (χ3v) is 21.4. The van der Waals surface area contributed by atoms with Crippen LogP contribution in [0, 0.1) is 0 Å². The molecule has 0 unspecified atom stereocenters. The molecule has 8 aromatic heterocycles. The lowest BCUT2D eigenvalue weighted by molar-refractivity contribution is 1.18. The number of hydrogen-bond donors (Lipinski definition) is 1. The van der Waals surface area contributed by atoms with E-state index in [2.05, 4.69) is 286 Å². The average molecular weight is 1260 g/mol. The van der Waals surface area contributed by atoms with Crippen LogP contribution in [0.5, 0.6) is 0 Å². The second-order valence-electron chi connectivity index (χ2n) is 24.5. The maximum Gasteiger partial charge on any atom is 0.160 e. The van der Waals surface area contributed by atoms with Gasteiger partial charge in [0.05, 0.1) is 70.4 Å². The quantitative estimate of drug-likeness (QED) is 0.172. The van der Waals surface area contributed by atoms with E-state index in [1.54, 1.807) is 22.7 Å². The number of nitrogens with one attached hydrogen (secondary N) is 1. The highest BCUT2D eigenvalue weighted by molar-refractivity contribution is 7.26. The van der Waals surface area contributed by atoms with E-state index in [4.69, 9.17) is 19.9 Å². The highest BCUT2D eigenvalue weighted by atomic mass is 32.1. The van der Waals surface area contributed by atoms with Gasteiger partial charge in [0.25, 0.3) is 0 Å². The van der Waals surface area contributed by atoms with E-state index in [0.29, 0.717) is 0 Å². The number of fused-ring (bicyclic) bond motifs is 20. The first-order valence-corrected chi connectivity index (χ1v) is 33.9. The van der Waals surface area contributed by atoms with E-state index in [-0.39, 0.29) is 0 Å². The maximum atomic E-state index is 5.20. The van der Waals surface area contributed by atoms with Gasteiger partial charge < -0.3 is 18.7 Å². The summed E-state index contributed by atoms with van der Waals surface area (Å²) in [4.78, 5) is 24.4. The van der Waals surface area contributed by atoms with Gasteiger partial charge in [-0.1, -0.05) is 224 Å². The average Bonchev–Trinajstić information content (AvgIpc) is 1.55. The number of benzene rings is 13.